The first-order valence-corrected chi connectivity index (χ1v) is 26.8. The van der Waals surface area contributed by atoms with Crippen molar-refractivity contribution in [2.24, 2.45) is 0 Å². The Morgan fingerprint density at radius 1 is 0.508 bits per heavy atom. The second-order valence-corrected chi connectivity index (χ2v) is 18.7. The van der Waals surface area contributed by atoms with Gasteiger partial charge in [0.25, 0.3) is 0 Å². The molecule has 12 nitrogen and oxygen atoms in total. The Labute approximate surface area is 393 Å². The van der Waals surface area contributed by atoms with Gasteiger partial charge in [0.05, 0.1) is 13.2 Å². The number of aliphatic hydroxyl groups excluding tert-OH is 5. The van der Waals surface area contributed by atoms with E-state index in [9.17, 15) is 39.8 Å². The Bertz CT molecular complexity index is 1350. The second-order valence-electron chi connectivity index (χ2n) is 17.3. The molecule has 1 rings (SSSR count). The molecule has 0 aliphatic heterocycles. The number of unbranched alkanes of at least 4 members (excludes halogenated alkanes) is 18. The van der Waals surface area contributed by atoms with Gasteiger partial charge in [0.2, 0.25) is 0 Å². The molecule has 0 heterocycles. The van der Waals surface area contributed by atoms with Gasteiger partial charge < -0.3 is 39.9 Å². The van der Waals surface area contributed by atoms with Crippen LogP contribution < -0.4 is 0 Å². The smallest absolute Gasteiger partial charge is 0.457 e. The highest BCUT2D eigenvalue weighted by molar-refractivity contribution is 7.47. The van der Waals surface area contributed by atoms with Gasteiger partial charge in [0.1, 0.15) is 42.7 Å². The highest BCUT2D eigenvalue weighted by atomic mass is 31.2. The first-order chi connectivity index (χ1) is 31.5. The summed E-state index contributed by atoms with van der Waals surface area (Å²) in [7, 11) is -5.03. The van der Waals surface area contributed by atoms with Crippen molar-refractivity contribution in [2.75, 3.05) is 19.8 Å². The van der Waals surface area contributed by atoms with Crippen molar-refractivity contribution in [2.45, 2.75) is 230 Å². The van der Waals surface area contributed by atoms with Gasteiger partial charge in [-0.25, -0.2) is 4.57 Å². The van der Waals surface area contributed by atoms with Gasteiger partial charge >= 0.3 is 13.8 Å². The van der Waals surface area contributed by atoms with E-state index >= 15 is 0 Å². The number of hydrogen-bond donors (Lipinski definition) is 6. The van der Waals surface area contributed by atoms with Gasteiger partial charge in [-0.1, -0.05) is 177 Å². The van der Waals surface area contributed by atoms with Crippen molar-refractivity contribution < 1.29 is 58.3 Å². The molecule has 0 radical (unpaired) electrons. The van der Waals surface area contributed by atoms with Gasteiger partial charge in [0.15, 0.2) is 0 Å². The van der Waals surface area contributed by atoms with E-state index < -0.39 is 63.1 Å². The van der Waals surface area contributed by atoms with Gasteiger partial charge in [-0.2, -0.15) is 0 Å². The number of esters is 1. The lowest BCUT2D eigenvalue weighted by atomic mass is 9.85. The summed E-state index contributed by atoms with van der Waals surface area (Å²) in [4.78, 5) is 23.2. The molecule has 13 heteroatoms. The number of carbonyl (C=O) groups excluding carboxylic acids is 1. The average Bonchev–Trinajstić information content (AvgIpc) is 3.29. The summed E-state index contributed by atoms with van der Waals surface area (Å²) in [5.41, 5.74) is 0. The number of rotatable bonds is 42. The van der Waals surface area contributed by atoms with E-state index in [1.165, 1.54) is 51.4 Å². The number of aliphatic hydroxyl groups is 5. The molecule has 6 N–H and O–H groups in total. The molecule has 0 aromatic carbocycles. The summed E-state index contributed by atoms with van der Waals surface area (Å²) >= 11 is 0. The Kier molecular flexibility index (Phi) is 39.2. The molecule has 1 aliphatic carbocycles. The van der Waals surface area contributed by atoms with Crippen LogP contribution in [0.25, 0.3) is 0 Å². The number of allylic oxidation sites excluding steroid dienone is 12. The van der Waals surface area contributed by atoms with E-state index in [1.54, 1.807) is 0 Å². The molecule has 0 aromatic rings. The minimum Gasteiger partial charge on any atom is -0.457 e. The zero-order valence-corrected chi connectivity index (χ0v) is 41.2. The summed E-state index contributed by atoms with van der Waals surface area (Å²) in [5.74, 6) is -0.488. The third-order valence-electron chi connectivity index (χ3n) is 11.3. The zero-order chi connectivity index (χ0) is 47.6. The van der Waals surface area contributed by atoms with Crippen molar-refractivity contribution in [1.29, 1.82) is 0 Å². The molecular weight excluding hydrogens is 848 g/mol. The lowest BCUT2D eigenvalue weighted by molar-refractivity contribution is -0.220. The molecule has 1 aliphatic rings. The highest BCUT2D eigenvalue weighted by Gasteiger charge is 2.51. The van der Waals surface area contributed by atoms with E-state index in [4.69, 9.17) is 18.5 Å². The van der Waals surface area contributed by atoms with Crippen LogP contribution >= 0.6 is 7.82 Å². The minimum atomic E-state index is -5.03. The molecule has 0 bridgehead atoms. The van der Waals surface area contributed by atoms with Crippen LogP contribution in [0.15, 0.2) is 72.9 Å². The predicted octanol–water partition coefficient (Wildman–Crippen LogP) is 11.1. The largest absolute Gasteiger partial charge is 0.472 e. The molecule has 6 atom stereocenters. The third kappa shape index (κ3) is 33.8. The SMILES string of the molecule is CC/C=C\C/C=C\C/C=C\C/C=C\CCCCCCCCCCCCC(=O)OC(COCCCCCCCC/C=C\C/C=C\CCCC)COP(=O)(O)OC1C(O)C(O)C(O)C(O)C1O. The van der Waals surface area contributed by atoms with Crippen LogP contribution in [0.4, 0.5) is 0 Å². The molecule has 0 amide bonds. The fourth-order valence-electron chi connectivity index (χ4n) is 7.30. The fourth-order valence-corrected chi connectivity index (χ4v) is 8.28. The van der Waals surface area contributed by atoms with Crippen LogP contribution in [-0.2, 0) is 27.9 Å². The number of ether oxygens (including phenoxy) is 2. The van der Waals surface area contributed by atoms with Crippen LogP contribution in [0.1, 0.15) is 187 Å². The standard InChI is InChI=1S/C52H91O12P/c1-3-5-7-9-11-13-15-17-19-20-21-22-23-24-25-26-27-29-31-33-35-37-39-41-46(53)63-45(44-62-65(59,60)64-52-50(57)48(55)47(54)49(56)51(52)58)43-61-42-40-38-36-34-32-30-28-18-16-14-12-10-8-6-4-2/h5,7,10-13,16-19,21-22,45,47-52,54-58H,3-4,6,8-9,14-15,20,23-44H2,1-2H3,(H,59,60)/b7-5-,12-10-,13-11-,18-16-,19-17-,22-21-. The quantitative estimate of drug-likeness (QED) is 0.0147. The number of hydrogen-bond acceptors (Lipinski definition) is 11. The van der Waals surface area contributed by atoms with Crippen molar-refractivity contribution in [3.8, 4) is 0 Å². The summed E-state index contributed by atoms with van der Waals surface area (Å²) in [6, 6.07) is 0. The lowest BCUT2D eigenvalue weighted by Gasteiger charge is -2.41. The summed E-state index contributed by atoms with van der Waals surface area (Å²) in [5, 5.41) is 50.3. The maximum atomic E-state index is 12.8. The molecule has 1 fully saturated rings. The summed E-state index contributed by atoms with van der Waals surface area (Å²) in [6.07, 6.45) is 42.5. The topological polar surface area (TPSA) is 192 Å². The number of phosphoric acid groups is 1. The van der Waals surface area contributed by atoms with Crippen LogP contribution in [-0.4, -0.2) is 98.9 Å². The molecular formula is C52H91O12P. The third-order valence-corrected chi connectivity index (χ3v) is 12.3. The van der Waals surface area contributed by atoms with Crippen LogP contribution in [0.2, 0.25) is 0 Å². The van der Waals surface area contributed by atoms with Crippen LogP contribution in [0, 0.1) is 0 Å². The molecule has 0 aromatic heterocycles. The maximum absolute atomic E-state index is 12.8. The van der Waals surface area contributed by atoms with E-state index in [1.807, 2.05) is 0 Å². The zero-order valence-electron chi connectivity index (χ0n) is 40.3. The predicted molar refractivity (Wildman–Crippen MR) is 262 cm³/mol. The monoisotopic (exact) mass is 939 g/mol. The molecule has 376 valence electrons. The van der Waals surface area contributed by atoms with Gasteiger partial charge in [-0.05, 0) is 77.0 Å². The second kappa shape index (κ2) is 41.9. The molecule has 6 unspecified atom stereocenters. The van der Waals surface area contributed by atoms with Crippen molar-refractivity contribution >= 4 is 13.8 Å². The van der Waals surface area contributed by atoms with Gasteiger partial charge in [-0.3, -0.25) is 13.8 Å². The summed E-state index contributed by atoms with van der Waals surface area (Å²) < 4.78 is 34.3. The van der Waals surface area contributed by atoms with E-state index in [0.717, 1.165) is 109 Å². The van der Waals surface area contributed by atoms with Crippen LogP contribution in [0.5, 0.6) is 0 Å². The maximum Gasteiger partial charge on any atom is 0.472 e. The van der Waals surface area contributed by atoms with Crippen molar-refractivity contribution in [1.82, 2.24) is 0 Å². The lowest BCUT2D eigenvalue weighted by Crippen LogP contribution is -2.64. The molecule has 0 spiro atoms. The normalized spacial score (nSPS) is 22.2. The highest BCUT2D eigenvalue weighted by Crippen LogP contribution is 2.47. The van der Waals surface area contributed by atoms with E-state index in [-0.39, 0.29) is 13.0 Å². The Balaban J connectivity index is 2.34. The first kappa shape index (κ1) is 60.8. The van der Waals surface area contributed by atoms with E-state index in [2.05, 4.69) is 86.8 Å². The average molecular weight is 939 g/mol. The minimum absolute atomic E-state index is 0.0887. The van der Waals surface area contributed by atoms with Crippen LogP contribution in [0.3, 0.4) is 0 Å². The van der Waals surface area contributed by atoms with Crippen molar-refractivity contribution in [3.05, 3.63) is 72.9 Å². The molecule has 0 saturated heterocycles. The van der Waals surface area contributed by atoms with Crippen molar-refractivity contribution in [3.63, 3.8) is 0 Å². The Morgan fingerprint density at radius 2 is 0.908 bits per heavy atom. The fraction of sp³-hybridized carbons (Fsp3) is 0.750. The van der Waals surface area contributed by atoms with Gasteiger partial charge in [-0.15, -0.1) is 0 Å². The summed E-state index contributed by atoms with van der Waals surface area (Å²) in [6.45, 7) is 4.08. The van der Waals surface area contributed by atoms with Gasteiger partial charge in [0, 0.05) is 13.0 Å². The number of phosphoric ester groups is 1. The first-order valence-electron chi connectivity index (χ1n) is 25.3. The number of carbonyl (C=O) groups is 1. The Hall–Kier alpha value is -2.22. The van der Waals surface area contributed by atoms with E-state index in [0.29, 0.717) is 13.0 Å². The Morgan fingerprint density at radius 3 is 1.38 bits per heavy atom. The molecule has 1 saturated carbocycles. The molecule has 65 heavy (non-hydrogen) atoms.